The van der Waals surface area contributed by atoms with Gasteiger partial charge in [0.05, 0.1) is 25.0 Å². The highest BCUT2D eigenvalue weighted by Gasteiger charge is 2.43. The molecule has 0 fully saturated rings. The summed E-state index contributed by atoms with van der Waals surface area (Å²) >= 11 is 0. The summed E-state index contributed by atoms with van der Waals surface area (Å²) in [6, 6.07) is 0. The van der Waals surface area contributed by atoms with E-state index in [-0.39, 0.29) is 17.6 Å². The second-order valence-corrected chi connectivity index (χ2v) is 8.22. The average Bonchev–Trinajstić information content (AvgIpc) is 2.79. The lowest BCUT2D eigenvalue weighted by molar-refractivity contribution is -0.151. The lowest BCUT2D eigenvalue weighted by Gasteiger charge is -2.29. The molecule has 0 radical (unpaired) electrons. The minimum atomic E-state index is -1.29. The van der Waals surface area contributed by atoms with E-state index >= 15 is 0 Å². The van der Waals surface area contributed by atoms with Crippen LogP contribution in [-0.2, 0) is 28.7 Å². The monoisotopic (exact) mass is 484 g/mol. The molecule has 0 unspecified atom stereocenters. The highest BCUT2D eigenvalue weighted by Crippen LogP contribution is 2.38. The molecule has 0 heterocycles. The zero-order valence-corrected chi connectivity index (χ0v) is 21.5. The zero-order valence-electron chi connectivity index (χ0n) is 21.5. The van der Waals surface area contributed by atoms with Gasteiger partial charge in [-0.15, -0.1) is 0 Å². The van der Waals surface area contributed by atoms with Gasteiger partial charge >= 0.3 is 23.9 Å². The summed E-state index contributed by atoms with van der Waals surface area (Å²) in [7, 11) is 0. The molecule has 0 aliphatic carbocycles. The molecule has 0 aromatic carbocycles. The first-order valence-corrected chi connectivity index (χ1v) is 12.2. The molecule has 2 N–H and O–H groups in total. The first-order chi connectivity index (χ1) is 16.0. The summed E-state index contributed by atoms with van der Waals surface area (Å²) in [6.45, 7) is 15.7. The second kappa shape index (κ2) is 19.8. The summed E-state index contributed by atoms with van der Waals surface area (Å²) in [6.07, 6.45) is 7.26. The smallest absolute Gasteiger partial charge is 0.333 e. The van der Waals surface area contributed by atoms with Gasteiger partial charge in [-0.25, -0.2) is 9.59 Å². The number of hydrogen-bond donors (Lipinski definition) is 2. The number of ether oxygens (including phenoxy) is 2. The molecule has 0 aromatic heterocycles. The molecule has 0 amide bonds. The van der Waals surface area contributed by atoms with Crippen molar-refractivity contribution in [2.75, 3.05) is 13.2 Å². The first-order valence-electron chi connectivity index (χ1n) is 12.2. The van der Waals surface area contributed by atoms with E-state index in [2.05, 4.69) is 13.2 Å². The van der Waals surface area contributed by atoms with Crippen LogP contribution in [0.15, 0.2) is 24.3 Å². The fraction of sp³-hybridized carbons (Fsp3) is 0.692. The quantitative estimate of drug-likeness (QED) is 0.144. The second-order valence-electron chi connectivity index (χ2n) is 8.22. The topological polar surface area (TPSA) is 127 Å². The van der Waals surface area contributed by atoms with E-state index in [1.54, 1.807) is 0 Å². The molecule has 34 heavy (non-hydrogen) atoms. The Morgan fingerprint density at radius 1 is 0.735 bits per heavy atom. The Kier molecular flexibility index (Phi) is 19.5. The first kappa shape index (κ1) is 33.5. The largest absolute Gasteiger partial charge is 0.481 e. The van der Waals surface area contributed by atoms with Crippen LogP contribution in [-0.4, -0.2) is 47.3 Å². The molecule has 8 heteroatoms. The summed E-state index contributed by atoms with van der Waals surface area (Å²) in [5.41, 5.74) is -1.33. The maximum atomic E-state index is 11.5. The van der Waals surface area contributed by atoms with Crippen molar-refractivity contribution in [2.24, 2.45) is 5.41 Å². The van der Waals surface area contributed by atoms with Crippen LogP contribution in [0.4, 0.5) is 0 Å². The van der Waals surface area contributed by atoms with Crippen molar-refractivity contribution >= 4 is 23.9 Å². The Balaban J connectivity index is 0. The van der Waals surface area contributed by atoms with Crippen molar-refractivity contribution in [2.45, 2.75) is 98.3 Å². The van der Waals surface area contributed by atoms with Crippen LogP contribution in [0.1, 0.15) is 98.3 Å². The number of carbonyl (C=O) groups is 4. The van der Waals surface area contributed by atoms with E-state index in [4.69, 9.17) is 14.6 Å². The molecule has 0 atom stereocenters. The van der Waals surface area contributed by atoms with Gasteiger partial charge in [0.25, 0.3) is 0 Å². The van der Waals surface area contributed by atoms with E-state index in [9.17, 15) is 24.3 Å². The van der Waals surface area contributed by atoms with Crippen molar-refractivity contribution in [3.05, 3.63) is 24.3 Å². The molecule has 196 valence electrons. The molecule has 0 aliphatic heterocycles. The molecular formula is C26H44O8. The molecule has 0 aromatic rings. The van der Waals surface area contributed by atoms with Gasteiger partial charge in [-0.05, 0) is 25.7 Å². The summed E-state index contributed by atoms with van der Waals surface area (Å²) in [5, 5.41) is 18.4. The number of carbonyl (C=O) groups excluding carboxylic acids is 2. The fourth-order valence-electron chi connectivity index (χ4n) is 2.97. The van der Waals surface area contributed by atoms with E-state index in [1.165, 1.54) is 0 Å². The van der Waals surface area contributed by atoms with Crippen LogP contribution in [0.25, 0.3) is 0 Å². The average molecular weight is 485 g/mol. The van der Waals surface area contributed by atoms with Gasteiger partial charge in [0.2, 0.25) is 0 Å². The minimum Gasteiger partial charge on any atom is -0.481 e. The van der Waals surface area contributed by atoms with Gasteiger partial charge in [-0.3, -0.25) is 9.59 Å². The summed E-state index contributed by atoms with van der Waals surface area (Å²) in [5.74, 6) is -3.20. The molecule has 0 spiro atoms. The van der Waals surface area contributed by atoms with Crippen LogP contribution >= 0.6 is 0 Å². The predicted molar refractivity (Wildman–Crippen MR) is 131 cm³/mol. The zero-order chi connectivity index (χ0) is 26.6. The van der Waals surface area contributed by atoms with Crippen molar-refractivity contribution < 1.29 is 38.9 Å². The maximum Gasteiger partial charge on any atom is 0.333 e. The molecule has 0 saturated heterocycles. The molecule has 0 rings (SSSR count). The normalized spacial score (nSPS) is 10.5. The third-order valence-corrected chi connectivity index (χ3v) is 5.30. The van der Waals surface area contributed by atoms with Crippen molar-refractivity contribution in [1.82, 2.24) is 0 Å². The van der Waals surface area contributed by atoms with E-state index in [1.807, 2.05) is 27.7 Å². The number of carboxylic acid groups (broad SMARTS) is 2. The number of carboxylic acids is 2. The highest BCUT2D eigenvalue weighted by atomic mass is 16.5. The lowest BCUT2D eigenvalue weighted by atomic mass is 9.73. The number of rotatable bonds is 18. The standard InChI is InChI=1S/2C13H22O4/c1-4-6-8-16-12(14)10-11(3)13(15)17-9-7-5-2;1-4-6-8-13(12(16)17,9-7-5-2)10(3)11(14)15/h3-10H2,1-2H3;3-9H2,1-2H3,(H,14,15)(H,16,17). The molecule has 0 saturated carbocycles. The number of aliphatic carboxylic acids is 2. The number of unbranched alkanes of at least 4 members (excludes halogenated alkanes) is 4. The Morgan fingerprint density at radius 2 is 1.18 bits per heavy atom. The van der Waals surface area contributed by atoms with Crippen molar-refractivity contribution in [3.8, 4) is 0 Å². The molecule has 0 aliphatic rings. The van der Waals surface area contributed by atoms with E-state index in [0.717, 1.165) is 38.5 Å². The summed E-state index contributed by atoms with van der Waals surface area (Å²) < 4.78 is 9.85. The van der Waals surface area contributed by atoms with E-state index in [0.29, 0.717) is 38.9 Å². The van der Waals surface area contributed by atoms with Crippen LogP contribution in [0.5, 0.6) is 0 Å². The van der Waals surface area contributed by atoms with Gasteiger partial charge in [-0.2, -0.15) is 0 Å². The Hall–Kier alpha value is -2.64. The van der Waals surface area contributed by atoms with Gasteiger partial charge in [-0.1, -0.05) is 79.4 Å². The van der Waals surface area contributed by atoms with Crippen molar-refractivity contribution in [3.63, 3.8) is 0 Å². The number of hydrogen-bond acceptors (Lipinski definition) is 6. The van der Waals surface area contributed by atoms with Gasteiger partial charge in [0.1, 0.15) is 0 Å². The maximum absolute atomic E-state index is 11.5. The SMILES string of the molecule is C=C(C(=O)O)C(CCCC)(CCCC)C(=O)O.C=C(CC(=O)OCCCC)C(=O)OCCCC. The Labute approximate surface area is 204 Å². The summed E-state index contributed by atoms with van der Waals surface area (Å²) in [4.78, 5) is 45.1. The van der Waals surface area contributed by atoms with Crippen molar-refractivity contribution in [1.29, 1.82) is 0 Å². The van der Waals surface area contributed by atoms with E-state index < -0.39 is 29.3 Å². The van der Waals surface area contributed by atoms with Gasteiger partial charge in [0.15, 0.2) is 0 Å². The van der Waals surface area contributed by atoms with Crippen LogP contribution in [0, 0.1) is 5.41 Å². The predicted octanol–water partition coefficient (Wildman–Crippen LogP) is 5.70. The fourth-order valence-corrected chi connectivity index (χ4v) is 2.97. The van der Waals surface area contributed by atoms with Crippen LogP contribution in [0.2, 0.25) is 0 Å². The molecule has 8 nitrogen and oxygen atoms in total. The number of esters is 2. The van der Waals surface area contributed by atoms with Gasteiger partial charge in [0, 0.05) is 11.1 Å². The molecule has 0 bridgehead atoms. The lowest BCUT2D eigenvalue weighted by Crippen LogP contribution is -2.36. The van der Waals surface area contributed by atoms with Gasteiger partial charge < -0.3 is 19.7 Å². The van der Waals surface area contributed by atoms with Crippen LogP contribution in [0.3, 0.4) is 0 Å². The third kappa shape index (κ3) is 13.8. The van der Waals surface area contributed by atoms with Crippen LogP contribution < -0.4 is 0 Å². The Morgan fingerprint density at radius 3 is 1.56 bits per heavy atom. The Bertz CT molecular complexity index is 658. The third-order valence-electron chi connectivity index (χ3n) is 5.30. The highest BCUT2D eigenvalue weighted by molar-refractivity contribution is 5.96. The molecular weight excluding hydrogens is 440 g/mol. The minimum absolute atomic E-state index is 0.0886.